The first-order chi connectivity index (χ1) is 7.97. The van der Waals surface area contributed by atoms with Gasteiger partial charge in [0.25, 0.3) is 0 Å². The normalized spacial score (nSPS) is 11.6. The summed E-state index contributed by atoms with van der Waals surface area (Å²) in [7, 11) is 0.571. The summed E-state index contributed by atoms with van der Waals surface area (Å²) < 4.78 is 0. The SMILES string of the molecule is CC(=O)NCCCCC(NC(C)=O)C(=O)N[SiH3]. The van der Waals surface area contributed by atoms with Gasteiger partial charge in [0.2, 0.25) is 17.7 Å². The van der Waals surface area contributed by atoms with Gasteiger partial charge in [0, 0.05) is 20.4 Å². The van der Waals surface area contributed by atoms with E-state index >= 15 is 0 Å². The highest BCUT2D eigenvalue weighted by molar-refractivity contribution is 6.15. The van der Waals surface area contributed by atoms with Gasteiger partial charge in [-0.15, -0.1) is 0 Å². The molecule has 0 rings (SSSR count). The fourth-order valence-corrected chi connectivity index (χ4v) is 1.77. The van der Waals surface area contributed by atoms with E-state index in [9.17, 15) is 14.4 Å². The quantitative estimate of drug-likeness (QED) is 0.372. The van der Waals surface area contributed by atoms with Gasteiger partial charge < -0.3 is 15.6 Å². The van der Waals surface area contributed by atoms with E-state index in [1.165, 1.54) is 13.8 Å². The van der Waals surface area contributed by atoms with Gasteiger partial charge in [-0.3, -0.25) is 14.4 Å². The molecule has 0 saturated heterocycles. The molecule has 0 heterocycles. The van der Waals surface area contributed by atoms with Crippen molar-refractivity contribution in [1.82, 2.24) is 15.6 Å². The number of amides is 3. The van der Waals surface area contributed by atoms with Crippen molar-refractivity contribution in [3.05, 3.63) is 0 Å². The number of unbranched alkanes of at least 4 members (excludes halogenated alkanes) is 1. The minimum atomic E-state index is -0.456. The van der Waals surface area contributed by atoms with E-state index in [-0.39, 0.29) is 17.7 Å². The lowest BCUT2D eigenvalue weighted by Crippen LogP contribution is -2.45. The molecule has 0 saturated carbocycles. The van der Waals surface area contributed by atoms with Crippen LogP contribution in [0.2, 0.25) is 0 Å². The lowest BCUT2D eigenvalue weighted by atomic mass is 10.1. The van der Waals surface area contributed by atoms with Crippen molar-refractivity contribution in [1.29, 1.82) is 0 Å². The molecule has 0 aliphatic carbocycles. The van der Waals surface area contributed by atoms with Gasteiger partial charge in [-0.2, -0.15) is 0 Å². The molecule has 1 atom stereocenters. The Balaban J connectivity index is 3.87. The van der Waals surface area contributed by atoms with E-state index in [0.717, 1.165) is 12.8 Å². The average Bonchev–Trinajstić information content (AvgIpc) is 2.25. The van der Waals surface area contributed by atoms with Gasteiger partial charge in [0.05, 0.1) is 0 Å². The summed E-state index contributed by atoms with van der Waals surface area (Å²) >= 11 is 0. The minimum Gasteiger partial charge on any atom is -0.389 e. The van der Waals surface area contributed by atoms with Crippen molar-refractivity contribution in [2.45, 2.75) is 39.2 Å². The van der Waals surface area contributed by atoms with Gasteiger partial charge in [-0.1, -0.05) is 0 Å². The van der Waals surface area contributed by atoms with E-state index in [1.54, 1.807) is 0 Å². The zero-order valence-corrected chi connectivity index (χ0v) is 12.6. The van der Waals surface area contributed by atoms with Gasteiger partial charge in [-0.05, 0) is 19.3 Å². The molecule has 0 spiro atoms. The van der Waals surface area contributed by atoms with Crippen molar-refractivity contribution in [3.8, 4) is 0 Å². The lowest BCUT2D eigenvalue weighted by molar-refractivity contribution is -0.127. The molecule has 0 aliphatic rings. The molecule has 0 aromatic heterocycles. The summed E-state index contributed by atoms with van der Waals surface area (Å²) in [6.45, 7) is 3.46. The second kappa shape index (κ2) is 8.74. The highest BCUT2D eigenvalue weighted by atomic mass is 28.2. The highest BCUT2D eigenvalue weighted by Gasteiger charge is 2.16. The number of rotatable bonds is 7. The van der Waals surface area contributed by atoms with Crippen LogP contribution in [0.1, 0.15) is 33.1 Å². The third-order valence-corrected chi connectivity index (χ3v) is 2.73. The number of carbonyl (C=O) groups is 3. The van der Waals surface area contributed by atoms with Crippen LogP contribution in [-0.2, 0) is 14.4 Å². The summed E-state index contributed by atoms with van der Waals surface area (Å²) in [5.41, 5.74) is 0. The molecule has 0 fully saturated rings. The molecule has 0 bridgehead atoms. The topological polar surface area (TPSA) is 87.3 Å². The molecule has 7 heteroatoms. The van der Waals surface area contributed by atoms with E-state index in [1.807, 2.05) is 0 Å². The zero-order chi connectivity index (χ0) is 13.3. The molecule has 0 aromatic rings. The van der Waals surface area contributed by atoms with Crippen LogP contribution in [-0.4, -0.2) is 40.7 Å². The Labute approximate surface area is 104 Å². The monoisotopic (exact) mass is 259 g/mol. The van der Waals surface area contributed by atoms with Crippen molar-refractivity contribution in [3.63, 3.8) is 0 Å². The number of carbonyl (C=O) groups excluding carboxylic acids is 3. The fraction of sp³-hybridized carbons (Fsp3) is 0.700. The van der Waals surface area contributed by atoms with E-state index in [0.29, 0.717) is 23.4 Å². The highest BCUT2D eigenvalue weighted by Crippen LogP contribution is 2.01. The molecule has 0 aliphatic heterocycles. The van der Waals surface area contributed by atoms with Crippen LogP contribution in [0.25, 0.3) is 0 Å². The van der Waals surface area contributed by atoms with Crippen molar-refractivity contribution < 1.29 is 14.4 Å². The molecular formula is C10H21N3O3Si. The Morgan fingerprint density at radius 1 is 1.12 bits per heavy atom. The predicted molar refractivity (Wildman–Crippen MR) is 68.2 cm³/mol. The van der Waals surface area contributed by atoms with Crippen LogP contribution < -0.4 is 15.6 Å². The Morgan fingerprint density at radius 2 is 1.76 bits per heavy atom. The summed E-state index contributed by atoms with van der Waals surface area (Å²) in [5.74, 6) is -0.394. The maximum atomic E-state index is 11.5. The largest absolute Gasteiger partial charge is 0.389 e. The first-order valence-corrected chi connectivity index (χ1v) is 6.70. The molecule has 17 heavy (non-hydrogen) atoms. The van der Waals surface area contributed by atoms with Crippen LogP contribution >= 0.6 is 0 Å². The van der Waals surface area contributed by atoms with Crippen LogP contribution in [0, 0.1) is 0 Å². The van der Waals surface area contributed by atoms with Crippen molar-refractivity contribution >= 4 is 28.1 Å². The van der Waals surface area contributed by atoms with E-state index < -0.39 is 6.04 Å². The molecular weight excluding hydrogens is 238 g/mol. The number of hydrogen-bond acceptors (Lipinski definition) is 3. The number of hydrogen-bond donors (Lipinski definition) is 3. The van der Waals surface area contributed by atoms with Crippen molar-refractivity contribution in [2.24, 2.45) is 0 Å². The zero-order valence-electron chi connectivity index (χ0n) is 10.6. The average molecular weight is 259 g/mol. The van der Waals surface area contributed by atoms with E-state index in [4.69, 9.17) is 0 Å². The van der Waals surface area contributed by atoms with Crippen molar-refractivity contribution in [2.75, 3.05) is 6.54 Å². The smallest absolute Gasteiger partial charge is 0.234 e. The summed E-state index contributed by atoms with van der Waals surface area (Å²) in [5, 5.41) is 5.30. The summed E-state index contributed by atoms with van der Waals surface area (Å²) in [6, 6.07) is -0.456. The van der Waals surface area contributed by atoms with Crippen LogP contribution in [0.3, 0.4) is 0 Å². The standard InChI is InChI=1S/C10H21N3O3Si/c1-7(14)11-6-4-3-5-9(10(16)13-17)12-8(2)15/h9H,3-6H2,1-2,17H3,(H,11,14)(H,12,15)(H,13,16). The molecule has 6 nitrogen and oxygen atoms in total. The molecule has 1 unspecified atom stereocenters. The second-order valence-electron chi connectivity index (χ2n) is 3.85. The second-order valence-corrected chi connectivity index (χ2v) is 4.35. The Kier molecular flexibility index (Phi) is 8.04. The third kappa shape index (κ3) is 8.44. The Bertz CT molecular complexity index is 284. The molecule has 3 amide bonds. The first-order valence-electron chi connectivity index (χ1n) is 5.70. The van der Waals surface area contributed by atoms with Gasteiger partial charge >= 0.3 is 0 Å². The summed E-state index contributed by atoms with van der Waals surface area (Å²) in [4.78, 5) is 35.6. The van der Waals surface area contributed by atoms with Crippen LogP contribution in [0.4, 0.5) is 0 Å². The van der Waals surface area contributed by atoms with Gasteiger partial charge in [-0.25, -0.2) is 0 Å². The minimum absolute atomic E-state index is 0.0549. The maximum Gasteiger partial charge on any atom is 0.234 e. The maximum absolute atomic E-state index is 11.5. The first kappa shape index (κ1) is 15.6. The molecule has 0 radical (unpaired) electrons. The van der Waals surface area contributed by atoms with Crippen LogP contribution in [0.15, 0.2) is 0 Å². The molecule has 98 valence electrons. The Hall–Kier alpha value is -1.37. The summed E-state index contributed by atoms with van der Waals surface area (Å²) in [6.07, 6.45) is 2.16. The van der Waals surface area contributed by atoms with Gasteiger partial charge in [0.15, 0.2) is 0 Å². The number of nitrogens with one attached hydrogen (secondary N) is 3. The van der Waals surface area contributed by atoms with Gasteiger partial charge in [0.1, 0.15) is 16.4 Å². The predicted octanol–water partition coefficient (Wildman–Crippen LogP) is -1.81. The fourth-order valence-electron chi connectivity index (χ4n) is 1.43. The van der Waals surface area contributed by atoms with E-state index in [2.05, 4.69) is 15.6 Å². The third-order valence-electron chi connectivity index (χ3n) is 2.23. The molecule has 0 aromatic carbocycles. The molecule has 3 N–H and O–H groups in total. The lowest BCUT2D eigenvalue weighted by Gasteiger charge is -2.16. The Morgan fingerprint density at radius 3 is 2.24 bits per heavy atom. The van der Waals surface area contributed by atoms with Crippen LogP contribution in [0.5, 0.6) is 0 Å².